The first kappa shape index (κ1) is 13.9. The molecule has 0 saturated heterocycles. The molecule has 0 saturated carbocycles. The van der Waals surface area contributed by atoms with Crippen molar-refractivity contribution in [1.29, 1.82) is 0 Å². The second-order valence-corrected chi connectivity index (χ2v) is 4.45. The van der Waals surface area contributed by atoms with Crippen LogP contribution in [-0.2, 0) is 11.3 Å². The Bertz CT molecular complexity index is 845. The minimum absolute atomic E-state index is 0.0766. The lowest BCUT2D eigenvalue weighted by atomic mass is 10.3. The second-order valence-electron chi connectivity index (χ2n) is 4.45. The van der Waals surface area contributed by atoms with Crippen molar-refractivity contribution in [3.05, 3.63) is 64.5 Å². The number of nitrogens with zero attached hydrogens (tertiary/aromatic N) is 2. The van der Waals surface area contributed by atoms with Gasteiger partial charge in [-0.05, 0) is 30.3 Å². The van der Waals surface area contributed by atoms with E-state index in [1.165, 1.54) is 30.2 Å². The van der Waals surface area contributed by atoms with E-state index < -0.39 is 5.97 Å². The summed E-state index contributed by atoms with van der Waals surface area (Å²) in [5.74, 6) is 0.485. The van der Waals surface area contributed by atoms with E-state index in [2.05, 4.69) is 9.84 Å². The van der Waals surface area contributed by atoms with Crippen LogP contribution in [0, 0.1) is 0 Å². The summed E-state index contributed by atoms with van der Waals surface area (Å²) in [5.41, 5.74) is 0.246. The second kappa shape index (κ2) is 5.72. The van der Waals surface area contributed by atoms with Gasteiger partial charge in [0, 0.05) is 6.07 Å². The maximum absolute atomic E-state index is 11.9. The van der Waals surface area contributed by atoms with Crippen LogP contribution in [0.3, 0.4) is 0 Å². The monoisotopic (exact) mass is 300 g/mol. The molecule has 0 fully saturated rings. The van der Waals surface area contributed by atoms with Crippen molar-refractivity contribution >= 4 is 5.97 Å². The minimum Gasteiger partial charge on any atom is -0.463 e. The molecule has 22 heavy (non-hydrogen) atoms. The summed E-state index contributed by atoms with van der Waals surface area (Å²) in [5, 5.41) is 4.22. The van der Waals surface area contributed by atoms with Crippen molar-refractivity contribution in [3.63, 3.8) is 0 Å². The number of esters is 1. The van der Waals surface area contributed by atoms with Crippen LogP contribution >= 0.6 is 0 Å². The number of ether oxygens (including phenoxy) is 1. The highest BCUT2D eigenvalue weighted by molar-refractivity contribution is 5.86. The molecule has 0 spiro atoms. The SMILES string of the molecule is COC(=O)c1ccc(Cn2nc(-c3ccco3)ccc2=O)o1. The fraction of sp³-hybridized carbons (Fsp3) is 0.133. The van der Waals surface area contributed by atoms with Gasteiger partial charge in [0.2, 0.25) is 5.76 Å². The lowest BCUT2D eigenvalue weighted by Gasteiger charge is -2.04. The van der Waals surface area contributed by atoms with Crippen LogP contribution in [0.1, 0.15) is 16.3 Å². The number of methoxy groups -OCH3 is 1. The summed E-state index contributed by atoms with van der Waals surface area (Å²) in [7, 11) is 1.27. The quantitative estimate of drug-likeness (QED) is 0.684. The topological polar surface area (TPSA) is 87.5 Å². The van der Waals surface area contributed by atoms with Crippen LogP contribution in [0.15, 0.2) is 56.3 Å². The number of rotatable bonds is 4. The Morgan fingerprint density at radius 3 is 2.86 bits per heavy atom. The Hall–Kier alpha value is -3.09. The summed E-state index contributed by atoms with van der Waals surface area (Å²) in [6, 6.07) is 9.55. The first-order valence-electron chi connectivity index (χ1n) is 6.46. The fourth-order valence-corrected chi connectivity index (χ4v) is 1.94. The van der Waals surface area contributed by atoms with Gasteiger partial charge in [-0.3, -0.25) is 4.79 Å². The predicted octanol–water partition coefficient (Wildman–Crippen LogP) is 1.93. The highest BCUT2D eigenvalue weighted by Crippen LogP contribution is 2.16. The third-order valence-electron chi connectivity index (χ3n) is 2.99. The molecule has 0 radical (unpaired) electrons. The molecule has 0 atom stereocenters. The van der Waals surface area contributed by atoms with E-state index in [-0.39, 0.29) is 17.9 Å². The first-order valence-corrected chi connectivity index (χ1v) is 6.46. The van der Waals surface area contributed by atoms with Crippen molar-refractivity contribution in [1.82, 2.24) is 9.78 Å². The molecule has 7 heteroatoms. The lowest BCUT2D eigenvalue weighted by molar-refractivity contribution is 0.0562. The third kappa shape index (κ3) is 2.69. The Kier molecular flexibility index (Phi) is 3.61. The molecule has 0 aromatic carbocycles. The van der Waals surface area contributed by atoms with Gasteiger partial charge >= 0.3 is 5.97 Å². The average molecular weight is 300 g/mol. The fourth-order valence-electron chi connectivity index (χ4n) is 1.94. The zero-order valence-electron chi connectivity index (χ0n) is 11.7. The molecule has 0 bridgehead atoms. The summed E-state index contributed by atoms with van der Waals surface area (Å²) in [6.45, 7) is 0.102. The van der Waals surface area contributed by atoms with Gasteiger partial charge in [0.15, 0.2) is 5.76 Å². The minimum atomic E-state index is -0.573. The number of hydrogen-bond donors (Lipinski definition) is 0. The summed E-state index contributed by atoms with van der Waals surface area (Å²) >= 11 is 0. The molecular formula is C15H12N2O5. The molecule has 112 valence electrons. The molecule has 3 heterocycles. The zero-order valence-corrected chi connectivity index (χ0v) is 11.7. The van der Waals surface area contributed by atoms with E-state index >= 15 is 0 Å². The number of carbonyl (C=O) groups is 1. The molecule has 0 aliphatic carbocycles. The van der Waals surface area contributed by atoms with Crippen molar-refractivity contribution in [2.24, 2.45) is 0 Å². The molecule has 3 rings (SSSR count). The normalized spacial score (nSPS) is 10.6. The van der Waals surface area contributed by atoms with Crippen LogP contribution in [0.2, 0.25) is 0 Å². The smallest absolute Gasteiger partial charge is 0.373 e. The molecule has 3 aromatic rings. The summed E-state index contributed by atoms with van der Waals surface area (Å²) in [6.07, 6.45) is 1.53. The van der Waals surface area contributed by atoms with E-state index in [1.54, 1.807) is 24.3 Å². The predicted molar refractivity (Wildman–Crippen MR) is 75.3 cm³/mol. The summed E-state index contributed by atoms with van der Waals surface area (Å²) < 4.78 is 16.4. The van der Waals surface area contributed by atoms with Crippen LogP contribution in [-0.4, -0.2) is 22.9 Å². The van der Waals surface area contributed by atoms with E-state index in [0.29, 0.717) is 17.2 Å². The van der Waals surface area contributed by atoms with Gasteiger partial charge < -0.3 is 13.6 Å². The van der Waals surface area contributed by atoms with Crippen LogP contribution in [0.25, 0.3) is 11.5 Å². The number of carbonyl (C=O) groups excluding carboxylic acids is 1. The van der Waals surface area contributed by atoms with Crippen LogP contribution in [0.4, 0.5) is 0 Å². The standard InChI is InChI=1S/C15H12N2O5/c1-20-15(19)13-6-4-10(22-13)9-17-14(18)7-5-11(16-17)12-3-2-8-21-12/h2-8H,9H2,1H3. The van der Waals surface area contributed by atoms with E-state index in [1.807, 2.05) is 0 Å². The Morgan fingerprint density at radius 1 is 1.27 bits per heavy atom. The van der Waals surface area contributed by atoms with Crippen molar-refractivity contribution in [2.45, 2.75) is 6.54 Å². The van der Waals surface area contributed by atoms with Crippen molar-refractivity contribution < 1.29 is 18.4 Å². The van der Waals surface area contributed by atoms with Gasteiger partial charge in [0.1, 0.15) is 18.0 Å². The van der Waals surface area contributed by atoms with Gasteiger partial charge in [-0.2, -0.15) is 5.10 Å². The molecule has 0 aliphatic heterocycles. The highest BCUT2D eigenvalue weighted by atomic mass is 16.5. The molecule has 0 aliphatic rings. The Balaban J connectivity index is 1.89. The Labute approximate surface area is 124 Å². The largest absolute Gasteiger partial charge is 0.463 e. The molecule has 0 unspecified atom stereocenters. The average Bonchev–Trinajstić information content (AvgIpc) is 3.20. The Morgan fingerprint density at radius 2 is 2.14 bits per heavy atom. The van der Waals surface area contributed by atoms with E-state index in [0.717, 1.165) is 0 Å². The van der Waals surface area contributed by atoms with Crippen molar-refractivity contribution in [3.8, 4) is 11.5 Å². The van der Waals surface area contributed by atoms with E-state index in [9.17, 15) is 9.59 Å². The molecular weight excluding hydrogens is 288 g/mol. The van der Waals surface area contributed by atoms with Gasteiger partial charge in [0.25, 0.3) is 5.56 Å². The zero-order chi connectivity index (χ0) is 15.5. The maximum Gasteiger partial charge on any atom is 0.373 e. The lowest BCUT2D eigenvalue weighted by Crippen LogP contribution is -2.22. The molecule has 7 nitrogen and oxygen atoms in total. The molecule has 0 N–H and O–H groups in total. The highest BCUT2D eigenvalue weighted by Gasteiger charge is 2.12. The van der Waals surface area contributed by atoms with Gasteiger partial charge in [-0.25, -0.2) is 9.48 Å². The molecule has 0 amide bonds. The third-order valence-corrected chi connectivity index (χ3v) is 2.99. The van der Waals surface area contributed by atoms with Crippen LogP contribution in [0.5, 0.6) is 0 Å². The van der Waals surface area contributed by atoms with Gasteiger partial charge in [-0.15, -0.1) is 0 Å². The number of hydrogen-bond acceptors (Lipinski definition) is 6. The van der Waals surface area contributed by atoms with Crippen LogP contribution < -0.4 is 5.56 Å². The summed E-state index contributed by atoms with van der Waals surface area (Å²) in [4.78, 5) is 23.2. The number of furan rings is 2. The number of aromatic nitrogens is 2. The first-order chi connectivity index (χ1) is 10.7. The van der Waals surface area contributed by atoms with Gasteiger partial charge in [0.05, 0.1) is 13.4 Å². The maximum atomic E-state index is 11.9. The van der Waals surface area contributed by atoms with E-state index in [4.69, 9.17) is 8.83 Å². The van der Waals surface area contributed by atoms with Gasteiger partial charge in [-0.1, -0.05) is 0 Å². The van der Waals surface area contributed by atoms with Crippen molar-refractivity contribution in [2.75, 3.05) is 7.11 Å². The molecule has 3 aromatic heterocycles.